The van der Waals surface area contributed by atoms with E-state index in [4.69, 9.17) is 0 Å². The summed E-state index contributed by atoms with van der Waals surface area (Å²) in [6, 6.07) is 12.2. The van der Waals surface area contributed by atoms with Gasteiger partial charge < -0.3 is 10.5 Å². The summed E-state index contributed by atoms with van der Waals surface area (Å²) < 4.78 is 24.5. The minimum atomic E-state index is -4.59. The summed E-state index contributed by atoms with van der Waals surface area (Å²) >= 11 is 0. The number of aromatic nitrogens is 1. The minimum absolute atomic E-state index is 0.0424. The molecule has 1 unspecified atom stereocenters. The Bertz CT molecular complexity index is 851. The molecule has 0 spiro atoms. The van der Waals surface area contributed by atoms with Crippen LogP contribution in [0.25, 0.3) is 0 Å². The van der Waals surface area contributed by atoms with Gasteiger partial charge in [0.2, 0.25) is 5.03 Å². The first kappa shape index (κ1) is 18.7. The summed E-state index contributed by atoms with van der Waals surface area (Å²) in [5.41, 5.74) is -0.0424. The lowest BCUT2D eigenvalue weighted by atomic mass is 10.1. The number of rotatable bonds is 4. The standard InChI is InChI=1S/C18H20N3O4S/c22-18(15-7-2-1-3-8-15)21(23,16-9-6-12-19-14-11-16)26(24,25)17-10-4-5-13-20-17/h1-5,7,10,13,16,19H,6,9,11-12,14H2/t16?,21-/m0/s1. The van der Waals surface area contributed by atoms with Crippen molar-refractivity contribution < 1.29 is 17.3 Å². The van der Waals surface area contributed by atoms with Gasteiger partial charge in [-0.2, -0.15) is 12.5 Å². The summed E-state index contributed by atoms with van der Waals surface area (Å²) in [5.74, 6) is -1.02. The molecule has 2 atom stereocenters. The number of benzene rings is 1. The molecule has 0 saturated carbocycles. The number of carbonyl (C=O) groups is 1. The number of hydrogen-bond acceptors (Lipinski definition) is 6. The fraction of sp³-hybridized carbons (Fsp3) is 0.333. The van der Waals surface area contributed by atoms with E-state index in [9.17, 15) is 18.4 Å². The van der Waals surface area contributed by atoms with Crippen molar-refractivity contribution in [2.45, 2.75) is 30.3 Å². The SMILES string of the molecule is O=C(c1[c]cccc1)[N@+]([O-])(C1CCCNCC1)S(=O)(=O)c1ccccn1. The van der Waals surface area contributed by atoms with E-state index in [-0.39, 0.29) is 12.0 Å². The maximum Gasteiger partial charge on any atom is 0.362 e. The van der Waals surface area contributed by atoms with E-state index >= 15 is 0 Å². The van der Waals surface area contributed by atoms with Crippen molar-refractivity contribution in [3.8, 4) is 0 Å². The van der Waals surface area contributed by atoms with Gasteiger partial charge in [0.15, 0.2) is 0 Å². The van der Waals surface area contributed by atoms with Crippen molar-refractivity contribution >= 4 is 15.9 Å². The second kappa shape index (κ2) is 7.63. The van der Waals surface area contributed by atoms with Crippen molar-refractivity contribution in [3.63, 3.8) is 0 Å². The summed E-state index contributed by atoms with van der Waals surface area (Å²) in [6.07, 6.45) is 2.54. The molecule has 1 aliphatic rings. The minimum Gasteiger partial charge on any atom is -0.608 e. The van der Waals surface area contributed by atoms with E-state index in [0.717, 1.165) is 0 Å². The number of carbonyl (C=O) groups excluding carboxylic acids is 1. The maximum absolute atomic E-state index is 13.8. The van der Waals surface area contributed by atoms with Crippen LogP contribution in [-0.4, -0.2) is 42.5 Å². The van der Waals surface area contributed by atoms with Crippen LogP contribution in [0.1, 0.15) is 29.6 Å². The predicted octanol–water partition coefficient (Wildman–Crippen LogP) is 1.87. The third kappa shape index (κ3) is 3.28. The number of sulfonamides is 1. The predicted molar refractivity (Wildman–Crippen MR) is 95.2 cm³/mol. The van der Waals surface area contributed by atoms with Crippen LogP contribution >= 0.6 is 0 Å². The highest BCUT2D eigenvalue weighted by molar-refractivity contribution is 7.86. The zero-order chi connectivity index (χ0) is 18.6. The second-order valence-electron chi connectivity index (χ2n) is 6.16. The number of hydroxylamine groups is 2. The van der Waals surface area contributed by atoms with Gasteiger partial charge in [0.1, 0.15) is 6.04 Å². The summed E-state index contributed by atoms with van der Waals surface area (Å²) in [4.78, 5) is 16.9. The van der Waals surface area contributed by atoms with E-state index in [1.807, 2.05) is 0 Å². The number of hydrogen-bond donors (Lipinski definition) is 1. The molecule has 1 aliphatic heterocycles. The average molecular weight is 374 g/mol. The Balaban J connectivity index is 2.14. The highest BCUT2D eigenvalue weighted by atomic mass is 32.2. The number of nitrogens with zero attached hydrogens (tertiary/aromatic N) is 2. The van der Waals surface area contributed by atoms with Crippen LogP contribution in [0.2, 0.25) is 0 Å². The van der Waals surface area contributed by atoms with Crippen LogP contribution in [0, 0.1) is 11.3 Å². The first-order valence-electron chi connectivity index (χ1n) is 8.46. The quantitative estimate of drug-likeness (QED) is 0.648. The van der Waals surface area contributed by atoms with Crippen molar-refractivity contribution in [3.05, 3.63) is 65.5 Å². The molecule has 0 bridgehead atoms. The number of quaternary nitrogens is 1. The molecule has 1 saturated heterocycles. The van der Waals surface area contributed by atoms with Crippen LogP contribution in [0.3, 0.4) is 0 Å². The smallest absolute Gasteiger partial charge is 0.362 e. The molecule has 137 valence electrons. The van der Waals surface area contributed by atoms with Gasteiger partial charge >= 0.3 is 15.9 Å². The van der Waals surface area contributed by atoms with Crippen LogP contribution in [0.4, 0.5) is 0 Å². The molecule has 1 aromatic heterocycles. The molecule has 1 fully saturated rings. The number of pyridine rings is 1. The van der Waals surface area contributed by atoms with Crippen molar-refractivity contribution in [2.24, 2.45) is 0 Å². The Kier molecular flexibility index (Phi) is 5.47. The van der Waals surface area contributed by atoms with E-state index in [0.29, 0.717) is 25.9 Å². The number of amides is 1. The van der Waals surface area contributed by atoms with Gasteiger partial charge in [-0.15, -0.1) is 0 Å². The third-order valence-corrected chi connectivity index (χ3v) is 6.46. The Morgan fingerprint density at radius 1 is 1.19 bits per heavy atom. The Labute approximate surface area is 152 Å². The Morgan fingerprint density at radius 2 is 2.00 bits per heavy atom. The maximum atomic E-state index is 13.8. The summed E-state index contributed by atoms with van der Waals surface area (Å²) in [7, 11) is -4.59. The normalized spacial score (nSPS) is 20.7. The van der Waals surface area contributed by atoms with Crippen LogP contribution < -0.4 is 5.32 Å². The van der Waals surface area contributed by atoms with E-state index in [1.165, 1.54) is 30.5 Å². The lowest BCUT2D eigenvalue weighted by Crippen LogP contribution is -2.58. The van der Waals surface area contributed by atoms with E-state index in [2.05, 4.69) is 16.4 Å². The zero-order valence-electron chi connectivity index (χ0n) is 14.2. The average Bonchev–Trinajstić information content (AvgIpc) is 2.98. The van der Waals surface area contributed by atoms with Gasteiger partial charge in [-0.25, -0.2) is 9.78 Å². The highest BCUT2D eigenvalue weighted by Crippen LogP contribution is 2.32. The fourth-order valence-electron chi connectivity index (χ4n) is 3.14. The Morgan fingerprint density at radius 3 is 2.69 bits per heavy atom. The molecule has 1 N–H and O–H groups in total. The molecule has 0 aliphatic carbocycles. The van der Waals surface area contributed by atoms with Gasteiger partial charge in [0.05, 0.1) is 5.56 Å². The summed E-state index contributed by atoms with van der Waals surface area (Å²) in [5, 5.41) is 16.6. The third-order valence-electron chi connectivity index (χ3n) is 4.51. The molecular weight excluding hydrogens is 354 g/mol. The van der Waals surface area contributed by atoms with Crippen LogP contribution in [-0.2, 0) is 10.0 Å². The monoisotopic (exact) mass is 374 g/mol. The van der Waals surface area contributed by atoms with Crippen molar-refractivity contribution in [2.75, 3.05) is 13.1 Å². The van der Waals surface area contributed by atoms with Crippen LogP contribution in [0.5, 0.6) is 0 Å². The Hall–Kier alpha value is -2.13. The molecule has 7 nitrogen and oxygen atoms in total. The largest absolute Gasteiger partial charge is 0.608 e. The molecule has 3 rings (SSSR count). The van der Waals surface area contributed by atoms with Crippen LogP contribution in [0.15, 0.2) is 53.7 Å². The highest BCUT2D eigenvalue weighted by Gasteiger charge is 2.49. The lowest BCUT2D eigenvalue weighted by molar-refractivity contribution is -0.697. The van der Waals surface area contributed by atoms with E-state index in [1.54, 1.807) is 18.2 Å². The van der Waals surface area contributed by atoms with Crippen molar-refractivity contribution in [1.82, 2.24) is 10.3 Å². The van der Waals surface area contributed by atoms with E-state index < -0.39 is 31.0 Å². The second-order valence-corrected chi connectivity index (χ2v) is 8.07. The molecule has 2 heterocycles. The fourth-order valence-corrected chi connectivity index (χ4v) is 4.79. The molecule has 1 amide bonds. The summed E-state index contributed by atoms with van der Waals surface area (Å²) in [6.45, 7) is 1.17. The topological polar surface area (TPSA) is 99.2 Å². The van der Waals surface area contributed by atoms with Gasteiger partial charge in [-0.05, 0) is 37.2 Å². The van der Waals surface area contributed by atoms with Gasteiger partial charge in [0, 0.05) is 25.6 Å². The molecule has 1 radical (unpaired) electrons. The first-order chi connectivity index (χ1) is 12.5. The molecule has 2 aromatic rings. The molecule has 26 heavy (non-hydrogen) atoms. The van der Waals surface area contributed by atoms with Gasteiger partial charge in [0.25, 0.3) is 0 Å². The van der Waals surface area contributed by atoms with Gasteiger partial charge in [-0.3, -0.25) is 0 Å². The lowest BCUT2D eigenvalue weighted by Gasteiger charge is -2.43. The molecular formula is C18H20N3O4S. The molecule has 8 heteroatoms. The number of nitrogens with one attached hydrogen (secondary N) is 1. The zero-order valence-corrected chi connectivity index (χ0v) is 15.0. The van der Waals surface area contributed by atoms with Gasteiger partial charge in [-0.1, -0.05) is 24.3 Å². The van der Waals surface area contributed by atoms with Crippen molar-refractivity contribution in [1.29, 1.82) is 0 Å². The first-order valence-corrected chi connectivity index (χ1v) is 9.90. The molecule has 1 aromatic carbocycles.